The Kier molecular flexibility index (Phi) is 6.70. The number of sulfonamides is 1. The van der Waals surface area contributed by atoms with E-state index in [4.69, 9.17) is 0 Å². The molecular weight excluding hydrogens is 366 g/mol. The van der Waals surface area contributed by atoms with Gasteiger partial charge >= 0.3 is 0 Å². The molecule has 0 aliphatic rings. The Morgan fingerprint density at radius 1 is 0.963 bits per heavy atom. The second-order valence-corrected chi connectivity index (χ2v) is 8.14. The van der Waals surface area contributed by atoms with Gasteiger partial charge in [-0.1, -0.05) is 26.0 Å². The van der Waals surface area contributed by atoms with Gasteiger partial charge in [-0.3, -0.25) is 9.59 Å². The van der Waals surface area contributed by atoms with E-state index in [2.05, 4.69) is 15.4 Å². The van der Waals surface area contributed by atoms with Crippen LogP contribution < -0.4 is 15.4 Å². The van der Waals surface area contributed by atoms with Gasteiger partial charge in [0, 0.05) is 23.7 Å². The molecule has 2 amide bonds. The Morgan fingerprint density at radius 2 is 1.56 bits per heavy atom. The summed E-state index contributed by atoms with van der Waals surface area (Å²) in [7, 11) is -2.20. The van der Waals surface area contributed by atoms with Crippen molar-refractivity contribution in [3.63, 3.8) is 0 Å². The zero-order valence-electron chi connectivity index (χ0n) is 15.4. The van der Waals surface area contributed by atoms with Crippen molar-refractivity contribution in [3.05, 3.63) is 59.7 Å². The highest BCUT2D eigenvalue weighted by molar-refractivity contribution is 7.89. The summed E-state index contributed by atoms with van der Waals surface area (Å²) < 4.78 is 25.6. The third-order valence-corrected chi connectivity index (χ3v) is 5.32. The van der Waals surface area contributed by atoms with E-state index < -0.39 is 10.0 Å². The van der Waals surface area contributed by atoms with Crippen LogP contribution in [0.15, 0.2) is 53.4 Å². The van der Waals surface area contributed by atoms with Crippen LogP contribution in [0.25, 0.3) is 0 Å². The Balaban J connectivity index is 1.94. The molecule has 0 spiro atoms. The summed E-state index contributed by atoms with van der Waals surface area (Å²) in [6.45, 7) is 3.95. The average Bonchev–Trinajstić information content (AvgIpc) is 2.67. The van der Waals surface area contributed by atoms with Crippen LogP contribution in [-0.2, 0) is 21.4 Å². The van der Waals surface area contributed by atoms with Gasteiger partial charge in [0.15, 0.2) is 0 Å². The molecule has 27 heavy (non-hydrogen) atoms. The van der Waals surface area contributed by atoms with Gasteiger partial charge in [-0.2, -0.15) is 0 Å². The molecular formula is C19H23N3O4S. The molecule has 0 saturated carbocycles. The molecule has 0 heterocycles. The molecule has 0 saturated heterocycles. The van der Waals surface area contributed by atoms with Gasteiger partial charge in [-0.15, -0.1) is 0 Å². The molecule has 0 unspecified atom stereocenters. The van der Waals surface area contributed by atoms with Gasteiger partial charge in [0.05, 0.1) is 4.90 Å². The van der Waals surface area contributed by atoms with Gasteiger partial charge in [0.25, 0.3) is 5.91 Å². The number of rotatable bonds is 7. The van der Waals surface area contributed by atoms with E-state index in [9.17, 15) is 18.0 Å². The summed E-state index contributed by atoms with van der Waals surface area (Å²) in [6.07, 6.45) is 0. The fourth-order valence-electron chi connectivity index (χ4n) is 2.18. The van der Waals surface area contributed by atoms with Crippen molar-refractivity contribution in [2.45, 2.75) is 25.3 Å². The summed E-state index contributed by atoms with van der Waals surface area (Å²) in [5, 5.41) is 5.58. The van der Waals surface area contributed by atoms with Gasteiger partial charge in [-0.05, 0) is 49.0 Å². The number of carbonyl (C=O) groups is 2. The monoisotopic (exact) mass is 389 g/mol. The van der Waals surface area contributed by atoms with Crippen LogP contribution in [0.3, 0.4) is 0 Å². The van der Waals surface area contributed by atoms with Crippen LogP contribution in [0.1, 0.15) is 29.8 Å². The summed E-state index contributed by atoms with van der Waals surface area (Å²) in [4.78, 5) is 24.0. The fourth-order valence-corrected chi connectivity index (χ4v) is 2.91. The van der Waals surface area contributed by atoms with Crippen LogP contribution in [0, 0.1) is 5.92 Å². The van der Waals surface area contributed by atoms with Crippen LogP contribution >= 0.6 is 0 Å². The highest BCUT2D eigenvalue weighted by atomic mass is 32.2. The van der Waals surface area contributed by atoms with E-state index in [1.807, 2.05) is 26.0 Å². The predicted molar refractivity (Wildman–Crippen MR) is 104 cm³/mol. The number of hydrogen-bond acceptors (Lipinski definition) is 4. The summed E-state index contributed by atoms with van der Waals surface area (Å²) in [5.41, 5.74) is 1.94. The molecule has 2 aromatic rings. The van der Waals surface area contributed by atoms with Gasteiger partial charge in [0.1, 0.15) is 0 Å². The lowest BCUT2D eigenvalue weighted by atomic mass is 10.1. The minimum atomic E-state index is -3.53. The predicted octanol–water partition coefficient (Wildman–Crippen LogP) is 2.12. The van der Waals surface area contributed by atoms with E-state index in [1.165, 1.54) is 31.3 Å². The zero-order valence-corrected chi connectivity index (χ0v) is 16.3. The van der Waals surface area contributed by atoms with Crippen molar-refractivity contribution in [1.82, 2.24) is 10.0 Å². The van der Waals surface area contributed by atoms with Gasteiger partial charge in [-0.25, -0.2) is 13.1 Å². The minimum absolute atomic E-state index is 0.0558. The Morgan fingerprint density at radius 3 is 2.07 bits per heavy atom. The van der Waals surface area contributed by atoms with E-state index in [0.717, 1.165) is 5.56 Å². The smallest absolute Gasteiger partial charge is 0.251 e. The van der Waals surface area contributed by atoms with E-state index >= 15 is 0 Å². The third-order valence-electron chi connectivity index (χ3n) is 3.89. The first kappa shape index (κ1) is 20.6. The first-order chi connectivity index (χ1) is 12.7. The Labute approximate surface area is 159 Å². The van der Waals surface area contributed by atoms with Crippen molar-refractivity contribution >= 4 is 27.5 Å². The lowest BCUT2D eigenvalue weighted by Gasteiger charge is -2.09. The van der Waals surface area contributed by atoms with Crippen LogP contribution in [-0.4, -0.2) is 27.3 Å². The molecule has 0 atom stereocenters. The molecule has 0 aliphatic heterocycles. The highest BCUT2D eigenvalue weighted by Crippen LogP contribution is 2.12. The molecule has 0 bridgehead atoms. The maximum atomic E-state index is 12.2. The molecule has 0 aromatic heterocycles. The third kappa shape index (κ3) is 5.63. The first-order valence-corrected chi connectivity index (χ1v) is 9.93. The maximum absolute atomic E-state index is 12.2. The first-order valence-electron chi connectivity index (χ1n) is 8.44. The summed E-state index contributed by atoms with van der Waals surface area (Å²) in [6, 6.07) is 12.9. The maximum Gasteiger partial charge on any atom is 0.251 e. The normalized spacial score (nSPS) is 11.3. The number of nitrogens with one attached hydrogen (secondary N) is 3. The molecule has 0 aliphatic carbocycles. The molecule has 0 fully saturated rings. The zero-order chi connectivity index (χ0) is 20.0. The second kappa shape index (κ2) is 8.79. The summed E-state index contributed by atoms with van der Waals surface area (Å²) >= 11 is 0. The van der Waals surface area contributed by atoms with E-state index in [1.54, 1.807) is 12.1 Å². The molecule has 0 radical (unpaired) electrons. The van der Waals surface area contributed by atoms with E-state index in [-0.39, 0.29) is 22.6 Å². The standard InChI is InChI=1S/C19H23N3O4S/c1-13(2)18(23)22-16-8-4-14(5-9-16)12-21-19(24)15-6-10-17(11-7-15)27(25,26)20-3/h4-11,13,20H,12H2,1-3H3,(H,21,24)(H,22,23). The lowest BCUT2D eigenvalue weighted by Crippen LogP contribution is -2.23. The van der Waals surface area contributed by atoms with Crippen LogP contribution in [0.5, 0.6) is 0 Å². The SMILES string of the molecule is CNS(=O)(=O)c1ccc(C(=O)NCc2ccc(NC(=O)C(C)C)cc2)cc1. The van der Waals surface area contributed by atoms with Crippen molar-refractivity contribution in [1.29, 1.82) is 0 Å². The van der Waals surface area contributed by atoms with Gasteiger partial charge in [0.2, 0.25) is 15.9 Å². The van der Waals surface area contributed by atoms with Gasteiger partial charge < -0.3 is 10.6 Å². The second-order valence-electron chi connectivity index (χ2n) is 6.26. The van der Waals surface area contributed by atoms with Crippen molar-refractivity contribution < 1.29 is 18.0 Å². The number of amides is 2. The molecule has 144 valence electrons. The van der Waals surface area contributed by atoms with E-state index in [0.29, 0.717) is 17.8 Å². The number of benzene rings is 2. The minimum Gasteiger partial charge on any atom is -0.348 e. The summed E-state index contributed by atoms with van der Waals surface area (Å²) in [5.74, 6) is -0.459. The number of hydrogen-bond donors (Lipinski definition) is 3. The highest BCUT2D eigenvalue weighted by Gasteiger charge is 2.12. The molecule has 2 rings (SSSR count). The van der Waals surface area contributed by atoms with Crippen molar-refractivity contribution in [2.75, 3.05) is 12.4 Å². The van der Waals surface area contributed by atoms with Crippen molar-refractivity contribution in [2.24, 2.45) is 5.92 Å². The molecule has 2 aromatic carbocycles. The number of carbonyl (C=O) groups excluding carboxylic acids is 2. The topological polar surface area (TPSA) is 104 Å². The molecule has 8 heteroatoms. The van der Waals surface area contributed by atoms with Crippen molar-refractivity contribution in [3.8, 4) is 0 Å². The Bertz CT molecular complexity index is 905. The van der Waals surface area contributed by atoms with Crippen LogP contribution in [0.4, 0.5) is 5.69 Å². The molecule has 3 N–H and O–H groups in total. The lowest BCUT2D eigenvalue weighted by molar-refractivity contribution is -0.118. The molecule has 7 nitrogen and oxygen atoms in total. The van der Waals surface area contributed by atoms with Crippen LogP contribution in [0.2, 0.25) is 0 Å². The fraction of sp³-hybridized carbons (Fsp3) is 0.263. The quantitative estimate of drug-likeness (QED) is 0.675. The largest absolute Gasteiger partial charge is 0.348 e. The average molecular weight is 389 g/mol. The Hall–Kier alpha value is -2.71. The number of anilines is 1.